The average Bonchev–Trinajstić information content (AvgIpc) is 2.94. The second kappa shape index (κ2) is 5.81. The molecule has 1 fully saturated rings. The van der Waals surface area contributed by atoms with Crippen LogP contribution in [0.15, 0.2) is 29.6 Å². The monoisotopic (exact) mass is 305 g/mol. The van der Waals surface area contributed by atoms with E-state index in [1.165, 1.54) is 23.7 Å². The number of amides is 1. The number of hydrogen-bond acceptors (Lipinski definition) is 4. The number of anilines is 1. The molecule has 0 aliphatic carbocycles. The van der Waals surface area contributed by atoms with E-state index >= 15 is 0 Å². The van der Waals surface area contributed by atoms with Crippen LogP contribution in [0.1, 0.15) is 16.1 Å². The number of halogens is 1. The van der Waals surface area contributed by atoms with E-state index in [2.05, 4.69) is 9.27 Å². The molecule has 110 valence electrons. The van der Waals surface area contributed by atoms with Crippen LogP contribution >= 0.6 is 11.5 Å². The topological polar surface area (TPSA) is 36.4 Å². The predicted molar refractivity (Wildman–Crippen MR) is 81.4 cm³/mol. The molecule has 1 aliphatic heterocycles. The van der Waals surface area contributed by atoms with Gasteiger partial charge in [-0.05, 0) is 42.7 Å². The van der Waals surface area contributed by atoms with Gasteiger partial charge in [0.1, 0.15) is 5.82 Å². The molecule has 2 aromatic rings. The summed E-state index contributed by atoms with van der Waals surface area (Å²) >= 11 is 1.31. The largest absolute Gasteiger partial charge is 0.368 e. The quantitative estimate of drug-likeness (QED) is 0.855. The van der Waals surface area contributed by atoms with Gasteiger partial charge in [-0.2, -0.15) is 4.37 Å². The summed E-state index contributed by atoms with van der Waals surface area (Å²) in [5.74, 6) is -0.173. The van der Waals surface area contributed by atoms with Gasteiger partial charge in [-0.3, -0.25) is 4.79 Å². The molecule has 0 saturated carbocycles. The van der Waals surface area contributed by atoms with E-state index in [0.29, 0.717) is 18.7 Å². The number of rotatable bonds is 2. The lowest BCUT2D eigenvalue weighted by atomic mass is 10.2. The zero-order valence-corrected chi connectivity index (χ0v) is 12.6. The normalized spacial score (nSPS) is 15.3. The van der Waals surface area contributed by atoms with Crippen LogP contribution in [0.5, 0.6) is 0 Å². The molecular formula is C15H16FN3OS. The molecule has 0 atom stereocenters. The second-order valence-electron chi connectivity index (χ2n) is 5.07. The van der Waals surface area contributed by atoms with E-state index in [1.807, 2.05) is 17.2 Å². The van der Waals surface area contributed by atoms with Gasteiger partial charge in [0.25, 0.3) is 5.91 Å². The van der Waals surface area contributed by atoms with Crippen LogP contribution in [-0.4, -0.2) is 41.4 Å². The minimum atomic E-state index is -0.229. The van der Waals surface area contributed by atoms with Crippen LogP contribution in [-0.2, 0) is 0 Å². The standard InChI is InChI=1S/C15H16FN3OS/c1-11-14(10-21-17-11)15(20)19-8-6-18(7-9-19)13-4-2-12(16)3-5-13/h2-5,10H,6-9H2,1H3. The van der Waals surface area contributed by atoms with Crippen LogP contribution in [0.4, 0.5) is 10.1 Å². The van der Waals surface area contributed by atoms with E-state index in [9.17, 15) is 9.18 Å². The Morgan fingerprint density at radius 1 is 1.19 bits per heavy atom. The molecule has 0 bridgehead atoms. The molecule has 21 heavy (non-hydrogen) atoms. The van der Waals surface area contributed by atoms with E-state index in [0.717, 1.165) is 24.5 Å². The SMILES string of the molecule is Cc1nscc1C(=O)N1CCN(c2ccc(F)cc2)CC1. The molecule has 6 heteroatoms. The van der Waals surface area contributed by atoms with E-state index in [-0.39, 0.29) is 11.7 Å². The maximum atomic E-state index is 12.9. The summed E-state index contributed by atoms with van der Waals surface area (Å²) in [4.78, 5) is 16.4. The number of hydrogen-bond donors (Lipinski definition) is 0. The van der Waals surface area contributed by atoms with Crippen LogP contribution in [0.2, 0.25) is 0 Å². The summed E-state index contributed by atoms with van der Waals surface area (Å²) in [6, 6.07) is 6.49. The fourth-order valence-electron chi connectivity index (χ4n) is 2.49. The maximum Gasteiger partial charge on any atom is 0.256 e. The molecule has 1 aromatic carbocycles. The second-order valence-corrected chi connectivity index (χ2v) is 5.70. The molecule has 1 aliphatic rings. The van der Waals surface area contributed by atoms with Gasteiger partial charge in [-0.1, -0.05) is 0 Å². The Balaban J connectivity index is 1.64. The number of aromatic nitrogens is 1. The molecule has 1 amide bonds. The van der Waals surface area contributed by atoms with Crippen LogP contribution in [0, 0.1) is 12.7 Å². The van der Waals surface area contributed by atoms with Crippen molar-refractivity contribution in [2.75, 3.05) is 31.1 Å². The molecule has 1 aromatic heterocycles. The number of nitrogens with zero attached hydrogens (tertiary/aromatic N) is 3. The highest BCUT2D eigenvalue weighted by molar-refractivity contribution is 7.03. The Labute approximate surface area is 127 Å². The number of carbonyl (C=O) groups is 1. The first-order valence-electron chi connectivity index (χ1n) is 6.86. The van der Waals surface area contributed by atoms with Gasteiger partial charge in [-0.25, -0.2) is 4.39 Å². The molecule has 0 spiro atoms. The first-order valence-corrected chi connectivity index (χ1v) is 7.69. The Morgan fingerprint density at radius 2 is 1.86 bits per heavy atom. The minimum Gasteiger partial charge on any atom is -0.368 e. The van der Waals surface area contributed by atoms with Crippen molar-refractivity contribution < 1.29 is 9.18 Å². The highest BCUT2D eigenvalue weighted by Gasteiger charge is 2.24. The van der Waals surface area contributed by atoms with E-state index in [4.69, 9.17) is 0 Å². The number of benzene rings is 1. The van der Waals surface area contributed by atoms with Crippen molar-refractivity contribution in [2.45, 2.75) is 6.92 Å². The van der Waals surface area contributed by atoms with E-state index < -0.39 is 0 Å². The van der Waals surface area contributed by atoms with Gasteiger partial charge in [0.05, 0.1) is 11.3 Å². The van der Waals surface area contributed by atoms with Crippen molar-refractivity contribution in [1.82, 2.24) is 9.27 Å². The van der Waals surface area contributed by atoms with Gasteiger partial charge in [0.15, 0.2) is 0 Å². The van der Waals surface area contributed by atoms with Crippen molar-refractivity contribution in [1.29, 1.82) is 0 Å². The summed E-state index contributed by atoms with van der Waals surface area (Å²) < 4.78 is 17.1. The third-order valence-electron chi connectivity index (χ3n) is 3.74. The van der Waals surface area contributed by atoms with Gasteiger partial charge in [0, 0.05) is 37.2 Å². The summed E-state index contributed by atoms with van der Waals surface area (Å²) in [5, 5.41) is 1.81. The first kappa shape index (κ1) is 14.0. The molecule has 0 N–H and O–H groups in total. The van der Waals surface area contributed by atoms with Crippen molar-refractivity contribution in [3.05, 3.63) is 46.7 Å². The van der Waals surface area contributed by atoms with Gasteiger partial charge < -0.3 is 9.80 Å². The summed E-state index contributed by atoms with van der Waals surface area (Å²) in [6.45, 7) is 4.72. The van der Waals surface area contributed by atoms with Gasteiger partial charge >= 0.3 is 0 Å². The highest BCUT2D eigenvalue weighted by Crippen LogP contribution is 2.19. The highest BCUT2D eigenvalue weighted by atomic mass is 32.1. The first-order chi connectivity index (χ1) is 10.1. The molecule has 2 heterocycles. The Hall–Kier alpha value is -1.95. The zero-order chi connectivity index (χ0) is 14.8. The molecule has 4 nitrogen and oxygen atoms in total. The van der Waals surface area contributed by atoms with Gasteiger partial charge in [-0.15, -0.1) is 0 Å². The van der Waals surface area contributed by atoms with Crippen molar-refractivity contribution in [3.8, 4) is 0 Å². The third kappa shape index (κ3) is 2.90. The molecule has 3 rings (SSSR count). The van der Waals surface area contributed by atoms with Crippen LogP contribution in [0.25, 0.3) is 0 Å². The summed E-state index contributed by atoms with van der Waals surface area (Å²) in [6.07, 6.45) is 0. The van der Waals surface area contributed by atoms with Crippen molar-refractivity contribution in [3.63, 3.8) is 0 Å². The maximum absolute atomic E-state index is 12.9. The zero-order valence-electron chi connectivity index (χ0n) is 11.8. The van der Waals surface area contributed by atoms with Crippen molar-refractivity contribution in [2.24, 2.45) is 0 Å². The fraction of sp³-hybridized carbons (Fsp3) is 0.333. The van der Waals surface area contributed by atoms with Crippen LogP contribution in [0.3, 0.4) is 0 Å². The average molecular weight is 305 g/mol. The van der Waals surface area contributed by atoms with Gasteiger partial charge in [0.2, 0.25) is 0 Å². The summed E-state index contributed by atoms with van der Waals surface area (Å²) in [5.41, 5.74) is 2.50. The fourth-order valence-corrected chi connectivity index (χ4v) is 3.17. The molecular weight excluding hydrogens is 289 g/mol. The number of aryl methyl sites for hydroxylation is 1. The smallest absolute Gasteiger partial charge is 0.256 e. The third-order valence-corrected chi connectivity index (χ3v) is 4.46. The Morgan fingerprint density at radius 3 is 2.43 bits per heavy atom. The number of piperazine rings is 1. The summed E-state index contributed by atoms with van der Waals surface area (Å²) in [7, 11) is 0. The lowest BCUT2D eigenvalue weighted by molar-refractivity contribution is 0.0746. The molecule has 1 saturated heterocycles. The van der Waals surface area contributed by atoms with Crippen LogP contribution < -0.4 is 4.90 Å². The number of carbonyl (C=O) groups excluding carboxylic acids is 1. The Bertz CT molecular complexity index is 633. The van der Waals surface area contributed by atoms with E-state index in [1.54, 1.807) is 12.1 Å². The predicted octanol–water partition coefficient (Wildman–Crippen LogP) is 2.55. The molecule has 0 radical (unpaired) electrons. The lowest BCUT2D eigenvalue weighted by Crippen LogP contribution is -2.48. The lowest BCUT2D eigenvalue weighted by Gasteiger charge is -2.36. The van der Waals surface area contributed by atoms with Crippen molar-refractivity contribution >= 4 is 23.1 Å². The minimum absolute atomic E-state index is 0.0556. The molecule has 0 unspecified atom stereocenters. The Kier molecular flexibility index (Phi) is 3.88.